The van der Waals surface area contributed by atoms with Crippen LogP contribution in [0, 0.1) is 0 Å². The molecule has 192 valence electrons. The van der Waals surface area contributed by atoms with Gasteiger partial charge in [0.25, 0.3) is 30.4 Å². The lowest BCUT2D eigenvalue weighted by atomic mass is 10.1. The fourth-order valence-corrected chi connectivity index (χ4v) is 3.81. The first-order valence-corrected chi connectivity index (χ1v) is 14.2. The molecular weight excluding hydrogens is 512 g/mol. The second-order valence-electron chi connectivity index (χ2n) is 6.68. The van der Waals surface area contributed by atoms with Gasteiger partial charge in [0.15, 0.2) is 17.8 Å². The smallest absolute Gasteiger partial charge is 0.264 e. The third-order valence-corrected chi connectivity index (χ3v) is 6.16. The number of rotatable bonds is 16. The summed E-state index contributed by atoms with van der Waals surface area (Å²) in [6.45, 7) is -0.772. The number of aliphatic hydroxyl groups excluding tert-OH is 1. The summed E-state index contributed by atoms with van der Waals surface area (Å²) in [5, 5.41) is 19.0. The van der Waals surface area contributed by atoms with E-state index in [0.717, 1.165) is 12.1 Å². The van der Waals surface area contributed by atoms with Crippen LogP contribution in [0.4, 0.5) is 0 Å². The molecule has 0 heterocycles. The van der Waals surface area contributed by atoms with E-state index < -0.39 is 53.9 Å². The molecule has 0 spiro atoms. The lowest BCUT2D eigenvalue weighted by Crippen LogP contribution is -2.13. The molecule has 0 aliphatic rings. The molecule has 0 fully saturated rings. The Morgan fingerprint density at radius 3 is 1.27 bits per heavy atom. The molecular formula is C16H26O14S3. The molecule has 0 saturated heterocycles. The van der Waals surface area contributed by atoms with Crippen molar-refractivity contribution in [2.75, 3.05) is 37.1 Å². The predicted molar refractivity (Wildman–Crippen MR) is 113 cm³/mol. The number of ether oxygens (including phenoxy) is 3. The maximum absolute atomic E-state index is 10.9. The van der Waals surface area contributed by atoms with Gasteiger partial charge in [0.1, 0.15) is 0 Å². The molecule has 17 heteroatoms. The highest BCUT2D eigenvalue weighted by molar-refractivity contribution is 7.86. The van der Waals surface area contributed by atoms with Gasteiger partial charge in [-0.15, -0.1) is 0 Å². The molecule has 1 aromatic carbocycles. The number of hydrogen-bond donors (Lipinski definition) is 5. The molecule has 0 radical (unpaired) electrons. The summed E-state index contributed by atoms with van der Waals surface area (Å²) in [6.07, 6.45) is -2.42. The van der Waals surface area contributed by atoms with E-state index in [9.17, 15) is 35.5 Å². The summed E-state index contributed by atoms with van der Waals surface area (Å²) >= 11 is 0. The van der Waals surface area contributed by atoms with E-state index in [1.54, 1.807) is 0 Å². The van der Waals surface area contributed by atoms with Gasteiger partial charge in [-0.1, -0.05) is 0 Å². The highest BCUT2D eigenvalue weighted by atomic mass is 32.2. The molecule has 0 bridgehead atoms. The lowest BCUT2D eigenvalue weighted by Gasteiger charge is -2.19. The van der Waals surface area contributed by atoms with Crippen LogP contribution < -0.4 is 14.2 Å². The van der Waals surface area contributed by atoms with E-state index in [-0.39, 0.29) is 61.9 Å². The maximum atomic E-state index is 10.9. The van der Waals surface area contributed by atoms with Crippen LogP contribution in [0.2, 0.25) is 0 Å². The minimum atomic E-state index is -4.25. The fraction of sp³-hybridized carbons (Fsp3) is 0.625. The van der Waals surface area contributed by atoms with Crippen molar-refractivity contribution in [3.63, 3.8) is 0 Å². The van der Waals surface area contributed by atoms with Crippen molar-refractivity contribution >= 4 is 30.4 Å². The van der Waals surface area contributed by atoms with E-state index in [1.807, 2.05) is 0 Å². The minimum absolute atomic E-state index is 0.130. The van der Waals surface area contributed by atoms with Crippen molar-refractivity contribution in [3.8, 4) is 17.2 Å². The van der Waals surface area contributed by atoms with Crippen LogP contribution in [0.5, 0.6) is 17.2 Å². The molecule has 5 N–H and O–H groups in total. The molecule has 0 amide bonds. The third kappa shape index (κ3) is 13.5. The Balaban J connectivity index is 3.10. The van der Waals surface area contributed by atoms with Crippen LogP contribution in [0.1, 0.15) is 31.1 Å². The van der Waals surface area contributed by atoms with Gasteiger partial charge in [0.2, 0.25) is 5.75 Å². The van der Waals surface area contributed by atoms with E-state index >= 15 is 0 Å². The van der Waals surface area contributed by atoms with Crippen LogP contribution >= 0.6 is 0 Å². The number of aliphatic hydroxyl groups is 2. The average Bonchev–Trinajstić information content (AvgIpc) is 2.64. The Labute approximate surface area is 191 Å². The Kier molecular flexibility index (Phi) is 11.2. The first-order valence-electron chi connectivity index (χ1n) is 9.35. The lowest BCUT2D eigenvalue weighted by molar-refractivity contribution is -0.0428. The normalized spacial score (nSPS) is 12.7. The summed E-state index contributed by atoms with van der Waals surface area (Å²) in [5.74, 6) is -2.28. The number of hydrogen-bond acceptors (Lipinski definition) is 11. The summed E-state index contributed by atoms with van der Waals surface area (Å²) < 4.78 is 108. The monoisotopic (exact) mass is 538 g/mol. The molecule has 0 aromatic heterocycles. The van der Waals surface area contributed by atoms with Gasteiger partial charge < -0.3 is 24.4 Å². The molecule has 0 saturated carbocycles. The van der Waals surface area contributed by atoms with Gasteiger partial charge in [-0.25, -0.2) is 0 Å². The molecule has 14 nitrogen and oxygen atoms in total. The van der Waals surface area contributed by atoms with E-state index in [4.69, 9.17) is 27.9 Å². The second-order valence-corrected chi connectivity index (χ2v) is 11.4. The zero-order chi connectivity index (χ0) is 25.3. The molecule has 1 aromatic rings. The van der Waals surface area contributed by atoms with Crippen molar-refractivity contribution in [1.29, 1.82) is 0 Å². The molecule has 0 atom stereocenters. The van der Waals surface area contributed by atoms with Crippen LogP contribution in [0.25, 0.3) is 0 Å². The van der Waals surface area contributed by atoms with Crippen LogP contribution in [0.3, 0.4) is 0 Å². The Morgan fingerprint density at radius 2 is 0.970 bits per heavy atom. The van der Waals surface area contributed by atoms with E-state index in [1.165, 1.54) is 0 Å². The van der Waals surface area contributed by atoms with Gasteiger partial charge in [-0.3, -0.25) is 13.7 Å². The fourth-order valence-electron chi connectivity index (χ4n) is 2.37. The predicted octanol–water partition coefficient (Wildman–Crippen LogP) is -0.360. The maximum Gasteiger partial charge on any atom is 0.264 e. The largest absolute Gasteiger partial charge is 0.489 e. The molecule has 0 unspecified atom stereocenters. The quantitative estimate of drug-likeness (QED) is 0.103. The highest BCUT2D eigenvalue weighted by Crippen LogP contribution is 2.40. The second kappa shape index (κ2) is 12.7. The first kappa shape index (κ1) is 29.3. The van der Waals surface area contributed by atoms with Gasteiger partial charge >= 0.3 is 0 Å². The van der Waals surface area contributed by atoms with Crippen LogP contribution in [-0.2, 0) is 30.4 Å². The summed E-state index contributed by atoms with van der Waals surface area (Å²) in [5.41, 5.74) is -0.130. The van der Waals surface area contributed by atoms with Crippen molar-refractivity contribution in [3.05, 3.63) is 17.7 Å². The first-order chi connectivity index (χ1) is 15.1. The van der Waals surface area contributed by atoms with E-state index in [0.29, 0.717) is 0 Å². The highest BCUT2D eigenvalue weighted by Gasteiger charge is 2.19. The number of benzene rings is 1. The average molecular weight is 539 g/mol. The summed E-state index contributed by atoms with van der Waals surface area (Å²) in [6, 6.07) is 2.28. The SMILES string of the molecule is O=S(=O)(O)CCCOc1cc(C(O)O)cc(OCCCS(=O)(=O)O)c1OCCCS(=O)(=O)O. The Morgan fingerprint density at radius 1 is 0.636 bits per heavy atom. The zero-order valence-electron chi connectivity index (χ0n) is 17.2. The van der Waals surface area contributed by atoms with Gasteiger partial charge in [0.05, 0.1) is 37.1 Å². The van der Waals surface area contributed by atoms with Crippen molar-refractivity contribution in [2.24, 2.45) is 0 Å². The van der Waals surface area contributed by atoms with Gasteiger partial charge in [-0.05, 0) is 31.4 Å². The molecule has 0 aliphatic heterocycles. The molecule has 1 rings (SSSR count). The third-order valence-electron chi connectivity index (χ3n) is 3.74. The van der Waals surface area contributed by atoms with Crippen molar-refractivity contribution < 1.29 is 63.3 Å². The Bertz CT molecular complexity index is 1020. The van der Waals surface area contributed by atoms with Crippen LogP contribution in [0.15, 0.2) is 12.1 Å². The Hall–Kier alpha value is -1.73. The summed E-state index contributed by atoms with van der Waals surface area (Å²) in [4.78, 5) is 0. The van der Waals surface area contributed by atoms with Crippen molar-refractivity contribution in [2.45, 2.75) is 25.6 Å². The van der Waals surface area contributed by atoms with Gasteiger partial charge in [0, 0.05) is 5.56 Å². The van der Waals surface area contributed by atoms with Gasteiger partial charge in [-0.2, -0.15) is 25.3 Å². The standard InChI is InChI=1S/C16H26O14S3/c17-16(18)12-10-13(28-4-1-7-31(19,20)21)15(30-6-3-9-33(25,26)27)14(11-12)29-5-2-8-32(22,23)24/h10-11,16-18H,1-9H2,(H,19,20,21)(H,22,23,24)(H,25,26,27). The topological polar surface area (TPSA) is 231 Å². The summed E-state index contributed by atoms with van der Waals surface area (Å²) in [7, 11) is -12.7. The zero-order valence-corrected chi connectivity index (χ0v) is 19.7. The molecule has 0 aliphatic carbocycles. The minimum Gasteiger partial charge on any atom is -0.489 e. The van der Waals surface area contributed by atoms with Crippen molar-refractivity contribution in [1.82, 2.24) is 0 Å². The molecule has 33 heavy (non-hydrogen) atoms. The van der Waals surface area contributed by atoms with E-state index in [2.05, 4.69) is 0 Å². The van der Waals surface area contributed by atoms with Crippen LogP contribution in [-0.4, -0.2) is 86.2 Å².